The molecule has 0 spiro atoms. The summed E-state index contributed by atoms with van der Waals surface area (Å²) in [6.45, 7) is 13.2. The van der Waals surface area contributed by atoms with Crippen molar-refractivity contribution in [3.63, 3.8) is 0 Å². The van der Waals surface area contributed by atoms with Gasteiger partial charge in [-0.15, -0.1) is 0 Å². The fraction of sp³-hybridized carbons (Fsp3) is 0.750. The van der Waals surface area contributed by atoms with E-state index < -0.39 is 10.0 Å². The summed E-state index contributed by atoms with van der Waals surface area (Å²) in [7, 11) is -3.67. The van der Waals surface area contributed by atoms with Gasteiger partial charge in [-0.3, -0.25) is 4.79 Å². The maximum absolute atomic E-state index is 13.0. The van der Waals surface area contributed by atoms with Gasteiger partial charge in [0.2, 0.25) is 5.09 Å². The number of amides is 1. The van der Waals surface area contributed by atoms with Crippen LogP contribution in [0.3, 0.4) is 0 Å². The number of carbonyl (C=O) groups is 1. The lowest BCUT2D eigenvalue weighted by Gasteiger charge is -2.27. The average molecular weight is 414 g/mol. The summed E-state index contributed by atoms with van der Waals surface area (Å²) in [6, 6.07) is 2.90. The van der Waals surface area contributed by atoms with Crippen LogP contribution in [0.5, 0.6) is 0 Å². The van der Waals surface area contributed by atoms with Crippen LogP contribution < -0.4 is 0 Å². The summed E-state index contributed by atoms with van der Waals surface area (Å²) in [6.07, 6.45) is 2.77. The van der Waals surface area contributed by atoms with Crippen molar-refractivity contribution in [2.24, 2.45) is 5.92 Å². The first-order valence-electron chi connectivity index (χ1n) is 10.4. The maximum atomic E-state index is 13.0. The van der Waals surface area contributed by atoms with Crippen LogP contribution in [0.1, 0.15) is 57.5 Å². The standard InChI is InChI=1S/C20H35N3O4S/c1-5-21(6-2)14-15-22(16-17(3)4)20(24)18-10-11-19(27-18)28(25,26)23-12-8-7-9-13-23/h10-11,17H,5-9,12-16H2,1-4H3. The highest BCUT2D eigenvalue weighted by molar-refractivity contribution is 7.89. The Morgan fingerprint density at radius 3 is 2.32 bits per heavy atom. The second-order valence-electron chi connectivity index (χ2n) is 7.76. The first-order chi connectivity index (χ1) is 13.3. The number of hydrogen-bond donors (Lipinski definition) is 0. The van der Waals surface area contributed by atoms with Crippen LogP contribution in [0.2, 0.25) is 0 Å². The van der Waals surface area contributed by atoms with E-state index in [0.717, 1.165) is 38.9 Å². The second-order valence-corrected chi connectivity index (χ2v) is 9.62. The summed E-state index contributed by atoms with van der Waals surface area (Å²) < 4.78 is 32.5. The number of rotatable bonds is 10. The van der Waals surface area contributed by atoms with Gasteiger partial charge in [-0.25, -0.2) is 8.42 Å². The molecule has 2 rings (SSSR count). The molecule has 0 aliphatic carbocycles. The van der Waals surface area contributed by atoms with E-state index in [1.54, 1.807) is 4.90 Å². The summed E-state index contributed by atoms with van der Waals surface area (Å²) in [4.78, 5) is 17.0. The molecule has 1 aromatic heterocycles. The third kappa shape index (κ3) is 5.81. The minimum Gasteiger partial charge on any atom is -0.438 e. The molecule has 0 unspecified atom stereocenters. The molecule has 0 N–H and O–H groups in total. The van der Waals surface area contributed by atoms with Crippen LogP contribution in [0.15, 0.2) is 21.6 Å². The highest BCUT2D eigenvalue weighted by Gasteiger charge is 2.30. The number of hydrogen-bond acceptors (Lipinski definition) is 5. The van der Waals surface area contributed by atoms with Gasteiger partial charge in [-0.2, -0.15) is 4.31 Å². The molecule has 0 atom stereocenters. The second kappa shape index (κ2) is 10.4. The molecule has 7 nitrogen and oxygen atoms in total. The zero-order chi connectivity index (χ0) is 20.7. The quantitative estimate of drug-likeness (QED) is 0.590. The van der Waals surface area contributed by atoms with Crippen molar-refractivity contribution < 1.29 is 17.6 Å². The molecule has 1 amide bonds. The summed E-state index contributed by atoms with van der Waals surface area (Å²) in [5.74, 6) is 0.156. The molecule has 0 aromatic carbocycles. The Kier molecular flexibility index (Phi) is 8.52. The molecule has 0 radical (unpaired) electrons. The van der Waals surface area contributed by atoms with E-state index in [0.29, 0.717) is 32.1 Å². The van der Waals surface area contributed by atoms with Crippen LogP contribution in [0.4, 0.5) is 0 Å². The number of sulfonamides is 1. The Balaban J connectivity index is 2.14. The molecule has 0 saturated carbocycles. The molecular formula is C20H35N3O4S. The van der Waals surface area contributed by atoms with Gasteiger partial charge < -0.3 is 14.2 Å². The van der Waals surface area contributed by atoms with Crippen LogP contribution in [-0.4, -0.2) is 74.2 Å². The Bertz CT molecular complexity index is 720. The first-order valence-corrected chi connectivity index (χ1v) is 11.8. The summed E-state index contributed by atoms with van der Waals surface area (Å²) in [5.41, 5.74) is 0. The molecule has 8 heteroatoms. The van der Waals surface area contributed by atoms with Gasteiger partial charge in [-0.05, 0) is 44.0 Å². The molecule has 160 valence electrons. The van der Waals surface area contributed by atoms with Crippen LogP contribution >= 0.6 is 0 Å². The molecule has 2 heterocycles. The Morgan fingerprint density at radius 2 is 1.75 bits per heavy atom. The van der Waals surface area contributed by atoms with Gasteiger partial charge in [0.05, 0.1) is 0 Å². The topological polar surface area (TPSA) is 74.1 Å². The van der Waals surface area contributed by atoms with E-state index in [9.17, 15) is 13.2 Å². The average Bonchev–Trinajstić information content (AvgIpc) is 3.18. The van der Waals surface area contributed by atoms with Crippen molar-refractivity contribution in [1.82, 2.24) is 14.1 Å². The van der Waals surface area contributed by atoms with Gasteiger partial charge in [0.15, 0.2) is 5.76 Å². The van der Waals surface area contributed by atoms with E-state index in [4.69, 9.17) is 4.42 Å². The largest absolute Gasteiger partial charge is 0.438 e. The zero-order valence-corrected chi connectivity index (χ0v) is 18.5. The number of carbonyl (C=O) groups excluding carboxylic acids is 1. The first kappa shape index (κ1) is 22.9. The van der Waals surface area contributed by atoms with Crippen LogP contribution in [0.25, 0.3) is 0 Å². The Labute approximate surface area is 169 Å². The summed E-state index contributed by atoms with van der Waals surface area (Å²) >= 11 is 0. The summed E-state index contributed by atoms with van der Waals surface area (Å²) in [5, 5.41) is -0.133. The molecule has 1 fully saturated rings. The molecular weight excluding hydrogens is 378 g/mol. The van der Waals surface area contributed by atoms with Crippen molar-refractivity contribution in [2.45, 2.75) is 52.0 Å². The Hall–Kier alpha value is -1.38. The number of likely N-dealkylation sites (N-methyl/N-ethyl adjacent to an activating group) is 1. The van der Waals surface area contributed by atoms with E-state index >= 15 is 0 Å². The smallest absolute Gasteiger partial charge is 0.289 e. The molecule has 0 bridgehead atoms. The van der Waals surface area contributed by atoms with E-state index in [1.165, 1.54) is 16.4 Å². The fourth-order valence-corrected chi connectivity index (χ4v) is 4.91. The number of piperidine rings is 1. The van der Waals surface area contributed by atoms with Crippen molar-refractivity contribution in [3.05, 3.63) is 17.9 Å². The SMILES string of the molecule is CCN(CC)CCN(CC(C)C)C(=O)c1ccc(S(=O)(=O)N2CCCCC2)o1. The highest BCUT2D eigenvalue weighted by atomic mass is 32.2. The third-order valence-electron chi connectivity index (χ3n) is 5.15. The molecule has 1 aliphatic rings. The monoisotopic (exact) mass is 413 g/mol. The van der Waals surface area contributed by atoms with E-state index in [2.05, 4.69) is 32.6 Å². The normalized spacial score (nSPS) is 16.1. The van der Waals surface area contributed by atoms with Crippen molar-refractivity contribution in [2.75, 3.05) is 45.8 Å². The van der Waals surface area contributed by atoms with Crippen molar-refractivity contribution in [1.29, 1.82) is 0 Å². The lowest BCUT2D eigenvalue weighted by Crippen LogP contribution is -2.40. The number of furan rings is 1. The molecule has 1 aromatic rings. The predicted octanol–water partition coefficient (Wildman–Crippen LogP) is 2.89. The lowest BCUT2D eigenvalue weighted by molar-refractivity contribution is 0.0678. The molecule has 28 heavy (non-hydrogen) atoms. The predicted molar refractivity (Wildman–Crippen MR) is 110 cm³/mol. The minimum absolute atomic E-state index is 0.0933. The van der Waals surface area contributed by atoms with Crippen molar-refractivity contribution >= 4 is 15.9 Å². The van der Waals surface area contributed by atoms with Crippen LogP contribution in [0, 0.1) is 5.92 Å². The van der Waals surface area contributed by atoms with E-state index in [1.807, 2.05) is 0 Å². The van der Waals surface area contributed by atoms with E-state index in [-0.39, 0.29) is 16.8 Å². The zero-order valence-electron chi connectivity index (χ0n) is 17.7. The molecule has 1 saturated heterocycles. The van der Waals surface area contributed by atoms with Gasteiger partial charge in [-0.1, -0.05) is 34.1 Å². The Morgan fingerprint density at radius 1 is 1.11 bits per heavy atom. The van der Waals surface area contributed by atoms with Gasteiger partial charge >= 0.3 is 0 Å². The van der Waals surface area contributed by atoms with Gasteiger partial charge in [0.1, 0.15) is 0 Å². The molecule has 1 aliphatic heterocycles. The van der Waals surface area contributed by atoms with Gasteiger partial charge in [0.25, 0.3) is 15.9 Å². The van der Waals surface area contributed by atoms with Gasteiger partial charge in [0, 0.05) is 32.7 Å². The van der Waals surface area contributed by atoms with Crippen molar-refractivity contribution in [3.8, 4) is 0 Å². The fourth-order valence-electron chi connectivity index (χ4n) is 3.48. The minimum atomic E-state index is -3.67. The third-order valence-corrected chi connectivity index (χ3v) is 6.93. The lowest BCUT2D eigenvalue weighted by atomic mass is 10.2. The maximum Gasteiger partial charge on any atom is 0.289 e. The van der Waals surface area contributed by atoms with Crippen LogP contribution in [-0.2, 0) is 10.0 Å². The number of nitrogens with zero attached hydrogens (tertiary/aromatic N) is 3. The highest BCUT2D eigenvalue weighted by Crippen LogP contribution is 2.23.